The van der Waals surface area contributed by atoms with E-state index in [1.54, 1.807) is 0 Å². The van der Waals surface area contributed by atoms with Crippen LogP contribution < -0.4 is 0 Å². The van der Waals surface area contributed by atoms with Gasteiger partial charge in [0.05, 0.1) is 0 Å². The predicted molar refractivity (Wildman–Crippen MR) is 154 cm³/mol. The van der Waals surface area contributed by atoms with Gasteiger partial charge in [0, 0.05) is 0 Å². The second-order valence-electron chi connectivity index (χ2n) is 13.8. The molecule has 0 aromatic heterocycles. The van der Waals surface area contributed by atoms with E-state index < -0.39 is 185 Å². The molecule has 10 fully saturated rings. The van der Waals surface area contributed by atoms with E-state index in [9.17, 15) is 47.9 Å². The molecule has 0 spiro atoms. The van der Waals surface area contributed by atoms with Crippen molar-refractivity contribution in [2.45, 2.75) is 110 Å². The Labute approximate surface area is 327 Å². The van der Waals surface area contributed by atoms with Crippen LogP contribution in [-0.2, 0) is 94.7 Å². The summed E-state index contributed by atoms with van der Waals surface area (Å²) in [5, 5.41) is 0. The Bertz CT molecular complexity index is 1810. The third-order valence-electron chi connectivity index (χ3n) is 10.5. The Balaban J connectivity index is 0.911. The van der Waals surface area contributed by atoms with Crippen LogP contribution in [-0.4, -0.2) is 185 Å². The Morgan fingerprint density at radius 2 is 0.350 bits per heavy atom. The van der Waals surface area contributed by atoms with E-state index in [1.165, 1.54) is 0 Å². The van der Waals surface area contributed by atoms with Crippen molar-refractivity contribution in [2.24, 2.45) is 0 Å². The number of carbonyl (C=O) groups is 10. The van der Waals surface area contributed by atoms with Crippen LogP contribution in [0.3, 0.4) is 0 Å². The zero-order valence-electron chi connectivity index (χ0n) is 29.1. The fourth-order valence-corrected chi connectivity index (χ4v) is 8.21. The van der Waals surface area contributed by atoms with Crippen molar-refractivity contribution in [1.82, 2.24) is 0 Å². The maximum absolute atomic E-state index is 12.8. The van der Waals surface area contributed by atoms with Crippen molar-refractivity contribution in [3.63, 3.8) is 0 Å². The molecule has 10 aliphatic heterocycles. The lowest BCUT2D eigenvalue weighted by Crippen LogP contribution is -2.58. The third-order valence-corrected chi connectivity index (χ3v) is 10.5. The fraction of sp³-hybridized carbons (Fsp3) is 0.667. The van der Waals surface area contributed by atoms with E-state index in [0.717, 1.165) is 0 Å². The molecule has 322 valence electrons. The molecule has 10 saturated heterocycles. The van der Waals surface area contributed by atoms with Gasteiger partial charge in [0.2, 0.25) is 0 Å². The highest BCUT2D eigenvalue weighted by molar-refractivity contribution is 5.70. The average molecular weight is 862 g/mol. The van der Waals surface area contributed by atoms with Crippen molar-refractivity contribution in [2.75, 3.05) is 13.2 Å². The third kappa shape index (κ3) is 6.15. The van der Waals surface area contributed by atoms with Crippen molar-refractivity contribution >= 4 is 61.6 Å². The van der Waals surface area contributed by atoms with Crippen LogP contribution in [0.2, 0.25) is 0 Å². The molecule has 0 aliphatic carbocycles. The molecule has 10 aliphatic rings. The lowest BCUT2D eigenvalue weighted by Gasteiger charge is -2.32. The lowest BCUT2D eigenvalue weighted by molar-refractivity contribution is -0.0954. The minimum absolute atomic E-state index is 0.400. The summed E-state index contributed by atoms with van der Waals surface area (Å²) in [6.07, 6.45) is -43.2. The molecular formula is C30H22O30. The highest BCUT2D eigenvalue weighted by Gasteiger charge is 2.69. The number of hydrogen-bond donors (Lipinski definition) is 0. The summed E-state index contributed by atoms with van der Waals surface area (Å²) in [5.41, 5.74) is 0. The first-order chi connectivity index (χ1) is 28.8. The van der Waals surface area contributed by atoms with Gasteiger partial charge in [0.25, 0.3) is 0 Å². The monoisotopic (exact) mass is 862 g/mol. The Morgan fingerprint density at radius 3 is 0.500 bits per heavy atom. The molecule has 30 heteroatoms. The van der Waals surface area contributed by atoms with Gasteiger partial charge in [-0.05, 0) is 0 Å². The van der Waals surface area contributed by atoms with Crippen molar-refractivity contribution in [3.8, 4) is 0 Å². The van der Waals surface area contributed by atoms with E-state index in [-0.39, 0.29) is 0 Å². The lowest BCUT2D eigenvalue weighted by atomic mass is 9.87. The van der Waals surface area contributed by atoms with E-state index in [0.29, 0.717) is 0 Å². The largest absolute Gasteiger partial charge is 0.509 e. The molecule has 60 heavy (non-hydrogen) atoms. The van der Waals surface area contributed by atoms with E-state index in [4.69, 9.17) is 94.7 Å². The highest BCUT2D eigenvalue weighted by atomic mass is 16.9. The number of rotatable bonds is 9. The predicted octanol–water partition coefficient (Wildman–Crippen LogP) is -0.711. The van der Waals surface area contributed by atoms with Gasteiger partial charge in [-0.2, -0.15) is 0 Å². The molecule has 0 radical (unpaired) electrons. The molecule has 0 aromatic carbocycles. The van der Waals surface area contributed by atoms with Crippen molar-refractivity contribution in [1.29, 1.82) is 0 Å². The summed E-state index contributed by atoms with van der Waals surface area (Å²) in [6, 6.07) is 0. The second kappa shape index (κ2) is 13.6. The summed E-state index contributed by atoms with van der Waals surface area (Å²) < 4.78 is 104. The number of hydrogen-bond acceptors (Lipinski definition) is 30. The Morgan fingerprint density at radius 1 is 0.200 bits per heavy atom. The van der Waals surface area contributed by atoms with Gasteiger partial charge in [0.1, 0.15) is 13.2 Å². The number of ether oxygens (including phenoxy) is 20. The molecule has 30 nitrogen and oxygen atoms in total. The molecule has 0 saturated carbocycles. The van der Waals surface area contributed by atoms with E-state index in [2.05, 4.69) is 0 Å². The van der Waals surface area contributed by atoms with Gasteiger partial charge < -0.3 is 94.7 Å². The van der Waals surface area contributed by atoms with Crippen molar-refractivity contribution < 1.29 is 143 Å². The van der Waals surface area contributed by atoms with Crippen LogP contribution in [0.1, 0.15) is 0 Å². The average Bonchev–Trinajstić information content (AvgIpc) is 4.02. The molecular weight excluding hydrogens is 840 g/mol. The molecule has 10 rings (SSSR count). The maximum Gasteiger partial charge on any atom is 0.509 e. The van der Waals surface area contributed by atoms with Crippen LogP contribution in [0, 0.1) is 0 Å². The molecule has 10 heterocycles. The van der Waals surface area contributed by atoms with Crippen LogP contribution >= 0.6 is 0 Å². The summed E-state index contributed by atoms with van der Waals surface area (Å²) in [6.45, 7) is -0.801. The van der Waals surface area contributed by atoms with Gasteiger partial charge in [-0.25, -0.2) is 47.9 Å². The zero-order chi connectivity index (χ0) is 41.7. The van der Waals surface area contributed by atoms with Crippen LogP contribution in [0.15, 0.2) is 0 Å². The quantitative estimate of drug-likeness (QED) is 0.204. The first-order valence-electron chi connectivity index (χ1n) is 17.4. The minimum atomic E-state index is -1.85. The van der Waals surface area contributed by atoms with Gasteiger partial charge in [0.15, 0.2) is 110 Å². The Kier molecular flexibility index (Phi) is 8.41. The van der Waals surface area contributed by atoms with Gasteiger partial charge in [-0.3, -0.25) is 0 Å². The number of carbonyl (C=O) groups excluding carboxylic acids is 10. The first-order valence-corrected chi connectivity index (χ1v) is 17.4. The number of cyclic esters (lactones) is 20. The normalized spacial score (nSPS) is 44.9. The fourth-order valence-electron chi connectivity index (χ4n) is 8.21. The first kappa shape index (κ1) is 37.0. The summed E-state index contributed by atoms with van der Waals surface area (Å²) in [7, 11) is 0. The molecule has 18 atom stereocenters. The smallest absolute Gasteiger partial charge is 0.430 e. The maximum atomic E-state index is 12.8. The molecule has 0 bridgehead atoms. The summed E-state index contributed by atoms with van der Waals surface area (Å²) in [5.74, 6) is 0. The zero-order valence-corrected chi connectivity index (χ0v) is 29.1. The highest BCUT2D eigenvalue weighted by Crippen LogP contribution is 2.43. The van der Waals surface area contributed by atoms with E-state index in [1.807, 2.05) is 0 Å². The minimum Gasteiger partial charge on any atom is -0.430 e. The summed E-state index contributed by atoms with van der Waals surface area (Å²) in [4.78, 5) is 124. The Hall–Kier alpha value is -7.30. The molecule has 0 aromatic rings. The molecule has 18 unspecified atom stereocenters. The molecule has 0 N–H and O–H groups in total. The SMILES string of the molecule is O=C1OCC(C2OC(=O)OC2C2OC(=O)OC2C2OC(=O)OC2C2OC(=O)OC2C2OC(=O)OC2C2OC(=O)OC2C2OC(=O)OC2C2OC(=O)OC2C2COC(=O)O2)O1. The topological polar surface area (TPSA) is 355 Å². The van der Waals surface area contributed by atoms with E-state index >= 15 is 0 Å². The second-order valence-corrected chi connectivity index (χ2v) is 13.8. The van der Waals surface area contributed by atoms with Crippen LogP contribution in [0.4, 0.5) is 47.9 Å². The van der Waals surface area contributed by atoms with Crippen LogP contribution in [0.25, 0.3) is 0 Å². The standard InChI is InChI=1S/C30H22O30/c31-21-41-1-3(43-21)5-7(47-23(33)45-5)9-11(51-25(35)49-9)13-15(55-27(37)53-13)17-19(59-29(39)57-17)20-18(58-30(40)60-20)16-14(54-28(38)56-16)12-10(50-26(36)52-12)8-6(46-24(34)48-8)4-2-42-22(32)44-4/h3-20H,1-2H2. The van der Waals surface area contributed by atoms with Gasteiger partial charge >= 0.3 is 61.6 Å². The molecule has 0 amide bonds. The summed E-state index contributed by atoms with van der Waals surface area (Å²) >= 11 is 0. The van der Waals surface area contributed by atoms with Gasteiger partial charge in [-0.1, -0.05) is 0 Å². The van der Waals surface area contributed by atoms with Gasteiger partial charge in [-0.15, -0.1) is 0 Å². The van der Waals surface area contributed by atoms with Crippen LogP contribution in [0.5, 0.6) is 0 Å². The van der Waals surface area contributed by atoms with Crippen molar-refractivity contribution in [3.05, 3.63) is 0 Å².